The Kier molecular flexibility index (Phi) is 7.39. The van der Waals surface area contributed by atoms with Gasteiger partial charge in [-0.3, -0.25) is 9.79 Å². The fourth-order valence-electron chi connectivity index (χ4n) is 1.94. The van der Waals surface area contributed by atoms with Crippen molar-refractivity contribution in [1.29, 1.82) is 0 Å². The quantitative estimate of drug-likeness (QED) is 0.759. The highest BCUT2D eigenvalue weighted by atomic mass is 79.9. The standard InChI is InChI=1S/C15H19NOS.BrH/c1-12-6-8-13(9-7-12)14(17)11-18-15-5-3-2-4-10-16-15;/h6-9H,2-5,10-11H2,1H3;1H. The largest absolute Gasteiger partial charge is 0.293 e. The number of benzene rings is 1. The highest BCUT2D eigenvalue weighted by Gasteiger charge is 2.10. The lowest BCUT2D eigenvalue weighted by Gasteiger charge is -2.04. The second kappa shape index (κ2) is 8.54. The van der Waals surface area contributed by atoms with Gasteiger partial charge in [-0.1, -0.05) is 36.2 Å². The summed E-state index contributed by atoms with van der Waals surface area (Å²) in [5.74, 6) is 0.717. The monoisotopic (exact) mass is 341 g/mol. The third-order valence-corrected chi connectivity index (χ3v) is 4.15. The molecule has 1 aromatic carbocycles. The van der Waals surface area contributed by atoms with E-state index in [0.29, 0.717) is 5.75 Å². The fraction of sp³-hybridized carbons (Fsp3) is 0.467. The zero-order valence-electron chi connectivity index (χ0n) is 11.2. The Morgan fingerprint density at radius 3 is 2.68 bits per heavy atom. The number of carbonyl (C=O) groups excluding carboxylic acids is 1. The van der Waals surface area contributed by atoms with E-state index in [2.05, 4.69) is 4.99 Å². The van der Waals surface area contributed by atoms with Crippen molar-refractivity contribution in [2.75, 3.05) is 12.3 Å². The number of carbonyl (C=O) groups is 1. The van der Waals surface area contributed by atoms with Gasteiger partial charge in [0, 0.05) is 12.1 Å². The van der Waals surface area contributed by atoms with E-state index in [9.17, 15) is 4.79 Å². The van der Waals surface area contributed by atoms with Crippen LogP contribution in [0.15, 0.2) is 29.3 Å². The van der Waals surface area contributed by atoms with Crippen LogP contribution in [-0.2, 0) is 0 Å². The van der Waals surface area contributed by atoms with Crippen molar-refractivity contribution in [3.8, 4) is 0 Å². The second-order valence-corrected chi connectivity index (χ2v) is 5.71. The van der Waals surface area contributed by atoms with Gasteiger partial charge < -0.3 is 0 Å². The summed E-state index contributed by atoms with van der Waals surface area (Å²) in [5.41, 5.74) is 2.00. The Hall–Kier alpha value is -0.610. The molecule has 1 aliphatic heterocycles. The van der Waals surface area contributed by atoms with Crippen LogP contribution in [-0.4, -0.2) is 23.1 Å². The van der Waals surface area contributed by atoms with E-state index in [1.807, 2.05) is 31.2 Å². The van der Waals surface area contributed by atoms with Gasteiger partial charge in [0.2, 0.25) is 0 Å². The Bertz CT molecular complexity index is 442. The van der Waals surface area contributed by atoms with Gasteiger partial charge in [0.25, 0.3) is 0 Å². The van der Waals surface area contributed by atoms with Crippen molar-refractivity contribution in [2.45, 2.75) is 32.6 Å². The van der Waals surface area contributed by atoms with E-state index in [0.717, 1.165) is 23.6 Å². The molecular formula is C15H20BrNOS. The molecule has 19 heavy (non-hydrogen) atoms. The Morgan fingerprint density at radius 2 is 1.95 bits per heavy atom. The summed E-state index contributed by atoms with van der Waals surface area (Å²) in [6, 6.07) is 7.79. The van der Waals surface area contributed by atoms with Gasteiger partial charge in [0.05, 0.1) is 10.8 Å². The molecule has 1 aliphatic rings. The van der Waals surface area contributed by atoms with Crippen molar-refractivity contribution < 1.29 is 4.79 Å². The summed E-state index contributed by atoms with van der Waals surface area (Å²) in [4.78, 5) is 16.5. The average molecular weight is 342 g/mol. The number of halogens is 1. The van der Waals surface area contributed by atoms with Crippen molar-refractivity contribution in [3.63, 3.8) is 0 Å². The van der Waals surface area contributed by atoms with Crippen LogP contribution in [0, 0.1) is 6.92 Å². The number of ketones is 1. The van der Waals surface area contributed by atoms with Crippen molar-refractivity contribution in [1.82, 2.24) is 0 Å². The van der Waals surface area contributed by atoms with Crippen LogP contribution in [0.4, 0.5) is 0 Å². The van der Waals surface area contributed by atoms with Gasteiger partial charge in [-0.15, -0.1) is 28.7 Å². The Labute approximate surface area is 129 Å². The van der Waals surface area contributed by atoms with Gasteiger partial charge in [-0.05, 0) is 26.2 Å². The summed E-state index contributed by atoms with van der Waals surface area (Å²) in [6.45, 7) is 2.96. The van der Waals surface area contributed by atoms with Gasteiger partial charge in [0.15, 0.2) is 5.78 Å². The van der Waals surface area contributed by atoms with Gasteiger partial charge in [-0.25, -0.2) is 0 Å². The van der Waals surface area contributed by atoms with Crippen molar-refractivity contribution in [2.24, 2.45) is 4.99 Å². The van der Waals surface area contributed by atoms with Crippen LogP contribution in [0.2, 0.25) is 0 Å². The molecule has 2 nitrogen and oxygen atoms in total. The third kappa shape index (κ3) is 5.49. The molecule has 0 bridgehead atoms. The predicted molar refractivity (Wildman–Crippen MR) is 89.1 cm³/mol. The van der Waals surface area contributed by atoms with Crippen LogP contribution >= 0.6 is 28.7 Å². The zero-order chi connectivity index (χ0) is 12.8. The van der Waals surface area contributed by atoms with E-state index >= 15 is 0 Å². The van der Waals surface area contributed by atoms with Crippen LogP contribution < -0.4 is 0 Å². The number of thioether (sulfide) groups is 1. The summed E-state index contributed by atoms with van der Waals surface area (Å²) in [6.07, 6.45) is 4.71. The highest BCUT2D eigenvalue weighted by molar-refractivity contribution is 8.93. The summed E-state index contributed by atoms with van der Waals surface area (Å²) >= 11 is 1.62. The normalized spacial score (nSPS) is 15.1. The molecule has 0 amide bonds. The molecular weight excluding hydrogens is 322 g/mol. The van der Waals surface area contributed by atoms with Crippen molar-refractivity contribution >= 4 is 39.6 Å². The van der Waals surface area contributed by atoms with Crippen LogP contribution in [0.25, 0.3) is 0 Å². The van der Waals surface area contributed by atoms with E-state index in [4.69, 9.17) is 0 Å². The van der Waals surface area contributed by atoms with Crippen LogP contribution in [0.1, 0.15) is 41.6 Å². The summed E-state index contributed by atoms with van der Waals surface area (Å²) in [7, 11) is 0. The molecule has 0 saturated carbocycles. The molecule has 0 spiro atoms. The smallest absolute Gasteiger partial charge is 0.173 e. The number of aryl methyl sites for hydroxylation is 1. The molecule has 104 valence electrons. The predicted octanol–water partition coefficient (Wildman–Crippen LogP) is 4.46. The molecule has 4 heteroatoms. The maximum Gasteiger partial charge on any atom is 0.173 e. The molecule has 0 atom stereocenters. The van der Waals surface area contributed by atoms with E-state index in [-0.39, 0.29) is 22.8 Å². The molecule has 0 radical (unpaired) electrons. The van der Waals surface area contributed by atoms with Gasteiger partial charge >= 0.3 is 0 Å². The highest BCUT2D eigenvalue weighted by Crippen LogP contribution is 2.17. The molecule has 0 saturated heterocycles. The van der Waals surface area contributed by atoms with Crippen molar-refractivity contribution in [3.05, 3.63) is 35.4 Å². The first kappa shape index (κ1) is 16.4. The first-order valence-corrected chi connectivity index (χ1v) is 7.50. The van der Waals surface area contributed by atoms with Gasteiger partial charge in [-0.2, -0.15) is 0 Å². The minimum atomic E-state index is 0. The van der Waals surface area contributed by atoms with E-state index in [1.54, 1.807) is 11.8 Å². The van der Waals surface area contributed by atoms with E-state index in [1.165, 1.54) is 24.8 Å². The lowest BCUT2D eigenvalue weighted by molar-refractivity contribution is 0.102. The number of nitrogens with zero attached hydrogens (tertiary/aromatic N) is 1. The summed E-state index contributed by atoms with van der Waals surface area (Å²) < 4.78 is 0. The fourth-order valence-corrected chi connectivity index (χ4v) is 2.87. The first-order chi connectivity index (χ1) is 8.75. The molecule has 0 aromatic heterocycles. The number of hydrogen-bond acceptors (Lipinski definition) is 3. The average Bonchev–Trinajstić information content (AvgIpc) is 2.65. The lowest BCUT2D eigenvalue weighted by atomic mass is 10.1. The SMILES string of the molecule is Br.Cc1ccc(C(=O)CSC2=NCCCCC2)cc1. The molecule has 0 N–H and O–H groups in total. The summed E-state index contributed by atoms with van der Waals surface area (Å²) in [5, 5.41) is 1.16. The minimum Gasteiger partial charge on any atom is -0.293 e. The topological polar surface area (TPSA) is 29.4 Å². The molecule has 1 heterocycles. The maximum atomic E-state index is 12.0. The van der Waals surface area contributed by atoms with Crippen LogP contribution in [0.5, 0.6) is 0 Å². The van der Waals surface area contributed by atoms with E-state index < -0.39 is 0 Å². The number of Topliss-reactive ketones (excluding diaryl/α,β-unsaturated/α-hetero) is 1. The number of hydrogen-bond donors (Lipinski definition) is 0. The second-order valence-electron chi connectivity index (χ2n) is 4.66. The third-order valence-electron chi connectivity index (χ3n) is 3.08. The number of rotatable bonds is 3. The number of aliphatic imine (C=N–C) groups is 1. The lowest BCUT2D eigenvalue weighted by Crippen LogP contribution is -2.05. The molecule has 0 unspecified atom stereocenters. The van der Waals surface area contributed by atoms with Gasteiger partial charge in [0.1, 0.15) is 0 Å². The van der Waals surface area contributed by atoms with Crippen LogP contribution in [0.3, 0.4) is 0 Å². The maximum absolute atomic E-state index is 12.0. The molecule has 0 fully saturated rings. The first-order valence-electron chi connectivity index (χ1n) is 6.52. The molecule has 0 aliphatic carbocycles. The Balaban J connectivity index is 0.00000180. The molecule has 1 aromatic rings. The zero-order valence-corrected chi connectivity index (χ0v) is 13.8. The minimum absolute atomic E-state index is 0. The molecule has 2 rings (SSSR count). The Morgan fingerprint density at radius 1 is 1.21 bits per heavy atom.